The Morgan fingerprint density at radius 2 is 2.07 bits per heavy atom. The van der Waals surface area contributed by atoms with Gasteiger partial charge in [0.1, 0.15) is 11.9 Å². The van der Waals surface area contributed by atoms with Crippen LogP contribution in [-0.2, 0) is 0 Å². The fourth-order valence-electron chi connectivity index (χ4n) is 1.14. The van der Waals surface area contributed by atoms with E-state index in [4.69, 9.17) is 16.9 Å². The van der Waals surface area contributed by atoms with Gasteiger partial charge < -0.3 is 15.3 Å². The molecule has 3 N–H and O–H groups in total. The van der Waals surface area contributed by atoms with Crippen molar-refractivity contribution in [2.75, 3.05) is 0 Å². The fourth-order valence-corrected chi connectivity index (χ4v) is 1.26. The van der Waals surface area contributed by atoms with Gasteiger partial charge in [0.25, 0.3) is 0 Å². The van der Waals surface area contributed by atoms with E-state index >= 15 is 0 Å². The Balaban J connectivity index is 2.87. The summed E-state index contributed by atoms with van der Waals surface area (Å²) >= 11 is 5.58. The maximum atomic E-state index is 9.58. The van der Waals surface area contributed by atoms with Crippen LogP contribution in [0.4, 0.5) is 0 Å². The Bertz CT molecular complexity index is 389. The third-order valence-corrected chi connectivity index (χ3v) is 2.30. The first-order chi connectivity index (χ1) is 7.06. The molecule has 1 rings (SSSR count). The van der Waals surface area contributed by atoms with E-state index in [2.05, 4.69) is 0 Å². The van der Waals surface area contributed by atoms with Crippen LogP contribution in [0.1, 0.15) is 18.1 Å². The second kappa shape index (κ2) is 4.99. The highest BCUT2D eigenvalue weighted by Crippen LogP contribution is 2.28. The monoisotopic (exact) mass is 227 g/mol. The lowest BCUT2D eigenvalue weighted by Gasteiger charge is -2.15. The molecule has 0 amide bonds. The number of phenols is 1. The number of hydrogen-bond acceptors (Lipinski definition) is 4. The van der Waals surface area contributed by atoms with E-state index in [-0.39, 0.29) is 17.2 Å². The lowest BCUT2D eigenvalue weighted by molar-refractivity contribution is 0.0215. The summed E-state index contributed by atoms with van der Waals surface area (Å²) in [6.45, 7) is 0. The van der Waals surface area contributed by atoms with Crippen molar-refractivity contribution in [1.82, 2.24) is 0 Å². The van der Waals surface area contributed by atoms with Crippen LogP contribution in [0.3, 0.4) is 0 Å². The van der Waals surface area contributed by atoms with Crippen molar-refractivity contribution in [3.05, 3.63) is 28.8 Å². The molecule has 5 heteroatoms. The van der Waals surface area contributed by atoms with Gasteiger partial charge in [-0.2, -0.15) is 5.26 Å². The predicted octanol–water partition coefficient (Wildman–Crippen LogP) is 1.35. The first-order valence-corrected chi connectivity index (χ1v) is 4.65. The molecule has 0 aliphatic carbocycles. The van der Waals surface area contributed by atoms with Crippen molar-refractivity contribution >= 4 is 11.6 Å². The minimum Gasteiger partial charge on any atom is -0.506 e. The summed E-state index contributed by atoms with van der Waals surface area (Å²) in [6.07, 6.45) is -2.55. The Kier molecular flexibility index (Phi) is 3.92. The van der Waals surface area contributed by atoms with Crippen molar-refractivity contribution in [1.29, 1.82) is 5.26 Å². The molecule has 2 atom stereocenters. The number of rotatable bonds is 3. The molecule has 0 radical (unpaired) electrons. The zero-order chi connectivity index (χ0) is 11.4. The summed E-state index contributed by atoms with van der Waals surface area (Å²) in [5.74, 6) is -0.169. The highest BCUT2D eigenvalue weighted by molar-refractivity contribution is 6.32. The first-order valence-electron chi connectivity index (χ1n) is 4.27. The molecule has 4 nitrogen and oxygen atoms in total. The summed E-state index contributed by atoms with van der Waals surface area (Å²) < 4.78 is 0. The van der Waals surface area contributed by atoms with Crippen LogP contribution in [0.15, 0.2) is 18.2 Å². The van der Waals surface area contributed by atoms with Crippen LogP contribution in [-0.4, -0.2) is 21.4 Å². The molecule has 0 aliphatic rings. The number of nitrogens with zero attached hydrogens (tertiary/aromatic N) is 1. The minimum atomic E-state index is -1.20. The van der Waals surface area contributed by atoms with Crippen LogP contribution in [0, 0.1) is 11.3 Å². The molecular weight excluding hydrogens is 218 g/mol. The maximum Gasteiger partial charge on any atom is 0.134 e. The van der Waals surface area contributed by atoms with Crippen molar-refractivity contribution in [3.8, 4) is 11.8 Å². The number of aliphatic hydroxyl groups is 2. The highest BCUT2D eigenvalue weighted by Gasteiger charge is 2.18. The van der Waals surface area contributed by atoms with E-state index in [9.17, 15) is 15.3 Å². The zero-order valence-electron chi connectivity index (χ0n) is 7.76. The molecule has 1 aromatic carbocycles. The number of phenolic OH excluding ortho intramolecular Hbond substituents is 1. The normalized spacial score (nSPS) is 14.3. The van der Waals surface area contributed by atoms with E-state index < -0.39 is 12.2 Å². The Morgan fingerprint density at radius 1 is 1.40 bits per heavy atom. The molecule has 15 heavy (non-hydrogen) atoms. The standard InChI is InChI=1S/C10H10ClNO3/c11-7-2-1-6(5-9(7)14)10(15)8(13)3-4-12/h1-2,5,8,10,13-15H,3H2. The van der Waals surface area contributed by atoms with E-state index in [1.54, 1.807) is 6.07 Å². The topological polar surface area (TPSA) is 84.5 Å². The summed E-state index contributed by atoms with van der Waals surface area (Å²) in [4.78, 5) is 0. The largest absolute Gasteiger partial charge is 0.506 e. The number of benzene rings is 1. The highest BCUT2D eigenvalue weighted by atomic mass is 35.5. The molecule has 0 aliphatic heterocycles. The van der Waals surface area contributed by atoms with Crippen LogP contribution >= 0.6 is 11.6 Å². The van der Waals surface area contributed by atoms with Crippen LogP contribution in [0.25, 0.3) is 0 Å². The van der Waals surface area contributed by atoms with E-state index in [1.165, 1.54) is 18.2 Å². The summed E-state index contributed by atoms with van der Waals surface area (Å²) in [7, 11) is 0. The van der Waals surface area contributed by atoms with Gasteiger partial charge in [-0.25, -0.2) is 0 Å². The Hall–Kier alpha value is -1.28. The molecule has 80 valence electrons. The predicted molar refractivity (Wildman–Crippen MR) is 54.3 cm³/mol. The van der Waals surface area contributed by atoms with Gasteiger partial charge in [0.2, 0.25) is 0 Å². The molecule has 0 saturated carbocycles. The van der Waals surface area contributed by atoms with Gasteiger partial charge in [0, 0.05) is 0 Å². The van der Waals surface area contributed by atoms with E-state index in [0.717, 1.165) is 0 Å². The lowest BCUT2D eigenvalue weighted by atomic mass is 10.0. The molecule has 0 heterocycles. The first kappa shape index (κ1) is 11.8. The van der Waals surface area contributed by atoms with Crippen LogP contribution < -0.4 is 0 Å². The molecule has 0 aromatic heterocycles. The number of halogens is 1. The van der Waals surface area contributed by atoms with Crippen LogP contribution in [0.5, 0.6) is 5.75 Å². The summed E-state index contributed by atoms with van der Waals surface area (Å²) in [6, 6.07) is 5.89. The average Bonchev–Trinajstić information content (AvgIpc) is 2.21. The van der Waals surface area contributed by atoms with Gasteiger partial charge >= 0.3 is 0 Å². The number of hydrogen-bond donors (Lipinski definition) is 3. The molecular formula is C10H10ClNO3. The second-order valence-electron chi connectivity index (χ2n) is 3.09. The van der Waals surface area contributed by atoms with Gasteiger partial charge in [0.05, 0.1) is 23.6 Å². The van der Waals surface area contributed by atoms with Gasteiger partial charge in [-0.15, -0.1) is 0 Å². The maximum absolute atomic E-state index is 9.58. The average molecular weight is 228 g/mol. The van der Waals surface area contributed by atoms with Gasteiger partial charge in [-0.3, -0.25) is 0 Å². The van der Waals surface area contributed by atoms with E-state index in [1.807, 2.05) is 0 Å². The zero-order valence-corrected chi connectivity index (χ0v) is 8.52. The molecule has 0 fully saturated rings. The van der Waals surface area contributed by atoms with Gasteiger partial charge in [-0.05, 0) is 17.7 Å². The van der Waals surface area contributed by atoms with Crippen molar-refractivity contribution in [3.63, 3.8) is 0 Å². The third kappa shape index (κ3) is 2.83. The quantitative estimate of drug-likeness (QED) is 0.728. The lowest BCUT2D eigenvalue weighted by Crippen LogP contribution is -2.17. The minimum absolute atomic E-state index is 0.167. The van der Waals surface area contributed by atoms with Gasteiger partial charge in [-0.1, -0.05) is 17.7 Å². The van der Waals surface area contributed by atoms with Crippen molar-refractivity contribution < 1.29 is 15.3 Å². The SMILES string of the molecule is N#CCC(O)C(O)c1ccc(Cl)c(O)c1. The fraction of sp³-hybridized carbons (Fsp3) is 0.300. The Labute approximate surface area is 92.0 Å². The smallest absolute Gasteiger partial charge is 0.134 e. The summed E-state index contributed by atoms with van der Waals surface area (Å²) in [5, 5.41) is 36.7. The van der Waals surface area contributed by atoms with Crippen molar-refractivity contribution in [2.24, 2.45) is 0 Å². The van der Waals surface area contributed by atoms with Crippen molar-refractivity contribution in [2.45, 2.75) is 18.6 Å². The number of aliphatic hydroxyl groups excluding tert-OH is 2. The van der Waals surface area contributed by atoms with E-state index in [0.29, 0.717) is 5.56 Å². The third-order valence-electron chi connectivity index (χ3n) is 1.98. The van der Waals surface area contributed by atoms with Gasteiger partial charge in [0.15, 0.2) is 0 Å². The molecule has 2 unspecified atom stereocenters. The molecule has 0 bridgehead atoms. The Morgan fingerprint density at radius 3 is 2.60 bits per heavy atom. The number of aromatic hydroxyl groups is 1. The number of nitriles is 1. The molecule has 0 spiro atoms. The molecule has 0 saturated heterocycles. The second-order valence-corrected chi connectivity index (χ2v) is 3.49. The summed E-state index contributed by atoms with van der Waals surface area (Å²) in [5.41, 5.74) is 0.319. The van der Waals surface area contributed by atoms with Crippen LogP contribution in [0.2, 0.25) is 5.02 Å². The molecule has 1 aromatic rings.